The normalized spacial score (nSPS) is 30.9. The van der Waals surface area contributed by atoms with Gasteiger partial charge in [0.05, 0.1) is 19.3 Å². The number of hydrogen-bond donors (Lipinski definition) is 2. The Morgan fingerprint density at radius 2 is 2.38 bits per heavy atom. The quantitative estimate of drug-likeness (QED) is 0.803. The van der Waals surface area contributed by atoms with E-state index >= 15 is 0 Å². The second kappa shape index (κ2) is 6.88. The molecule has 2 fully saturated rings. The SMILES string of the molecule is CC[C@@H]1C[C@H](C(=O)N2CCCC(O)(Cn3ccnn3)C2)CC(=O)N1. The molecular weight excluding hydrogens is 310 g/mol. The minimum Gasteiger partial charge on any atom is -0.386 e. The van der Waals surface area contributed by atoms with Gasteiger partial charge < -0.3 is 15.3 Å². The molecule has 3 heterocycles. The van der Waals surface area contributed by atoms with Crippen LogP contribution >= 0.6 is 0 Å². The van der Waals surface area contributed by atoms with Crippen molar-refractivity contribution in [1.29, 1.82) is 0 Å². The summed E-state index contributed by atoms with van der Waals surface area (Å²) in [5, 5.41) is 21.4. The minimum absolute atomic E-state index is 0.0139. The predicted molar refractivity (Wildman–Crippen MR) is 85.7 cm³/mol. The zero-order valence-electron chi connectivity index (χ0n) is 14.0. The maximum Gasteiger partial charge on any atom is 0.226 e. The monoisotopic (exact) mass is 335 g/mol. The molecular formula is C16H25N5O3. The van der Waals surface area contributed by atoms with Gasteiger partial charge in [-0.15, -0.1) is 5.10 Å². The molecule has 0 saturated carbocycles. The number of piperidine rings is 2. The van der Waals surface area contributed by atoms with Gasteiger partial charge in [-0.2, -0.15) is 0 Å². The van der Waals surface area contributed by atoms with Crippen molar-refractivity contribution in [3.63, 3.8) is 0 Å². The highest BCUT2D eigenvalue weighted by Crippen LogP contribution is 2.27. The van der Waals surface area contributed by atoms with Crippen LogP contribution in [0.1, 0.15) is 39.0 Å². The number of carbonyl (C=O) groups is 2. The van der Waals surface area contributed by atoms with Crippen LogP contribution in [0.5, 0.6) is 0 Å². The molecule has 1 unspecified atom stereocenters. The van der Waals surface area contributed by atoms with E-state index in [9.17, 15) is 14.7 Å². The molecule has 0 bridgehead atoms. The van der Waals surface area contributed by atoms with Gasteiger partial charge in [0.2, 0.25) is 11.8 Å². The fourth-order valence-corrected chi connectivity index (χ4v) is 3.76. The lowest BCUT2D eigenvalue weighted by Crippen LogP contribution is -2.55. The number of nitrogens with one attached hydrogen (secondary N) is 1. The first-order valence-corrected chi connectivity index (χ1v) is 8.64. The molecule has 1 aromatic heterocycles. The predicted octanol–water partition coefficient (Wildman–Crippen LogP) is -0.0636. The van der Waals surface area contributed by atoms with Gasteiger partial charge >= 0.3 is 0 Å². The molecule has 2 aliphatic rings. The first kappa shape index (κ1) is 16.9. The second-order valence-corrected chi connectivity index (χ2v) is 7.00. The Kier molecular flexibility index (Phi) is 4.84. The topological polar surface area (TPSA) is 100 Å². The van der Waals surface area contributed by atoms with E-state index in [-0.39, 0.29) is 36.7 Å². The molecule has 2 saturated heterocycles. The third-order valence-electron chi connectivity index (χ3n) is 5.00. The molecule has 3 rings (SSSR count). The molecule has 0 radical (unpaired) electrons. The van der Waals surface area contributed by atoms with Crippen molar-refractivity contribution in [1.82, 2.24) is 25.2 Å². The summed E-state index contributed by atoms with van der Waals surface area (Å²) in [4.78, 5) is 26.4. The lowest BCUT2D eigenvalue weighted by atomic mass is 9.87. The lowest BCUT2D eigenvalue weighted by Gasteiger charge is -2.41. The maximum absolute atomic E-state index is 12.9. The summed E-state index contributed by atoms with van der Waals surface area (Å²) in [6.45, 7) is 3.24. The highest BCUT2D eigenvalue weighted by Gasteiger charge is 2.39. The van der Waals surface area contributed by atoms with E-state index in [2.05, 4.69) is 15.6 Å². The average molecular weight is 335 g/mol. The summed E-state index contributed by atoms with van der Waals surface area (Å²) in [7, 11) is 0. The third-order valence-corrected chi connectivity index (χ3v) is 5.00. The molecule has 1 aromatic rings. The van der Waals surface area contributed by atoms with Crippen LogP contribution < -0.4 is 5.32 Å². The summed E-state index contributed by atoms with van der Waals surface area (Å²) in [5.41, 5.74) is -0.997. The highest BCUT2D eigenvalue weighted by molar-refractivity contribution is 5.87. The smallest absolute Gasteiger partial charge is 0.226 e. The molecule has 132 valence electrons. The summed E-state index contributed by atoms with van der Waals surface area (Å²) in [6, 6.07) is 0.0685. The van der Waals surface area contributed by atoms with Crippen molar-refractivity contribution < 1.29 is 14.7 Å². The number of hydrogen-bond acceptors (Lipinski definition) is 5. The van der Waals surface area contributed by atoms with Crippen LogP contribution in [0.3, 0.4) is 0 Å². The van der Waals surface area contributed by atoms with Gasteiger partial charge in [0.15, 0.2) is 0 Å². The Bertz CT molecular complexity index is 591. The van der Waals surface area contributed by atoms with Crippen molar-refractivity contribution in [3.05, 3.63) is 12.4 Å². The van der Waals surface area contributed by atoms with Gasteiger partial charge in [0, 0.05) is 31.1 Å². The summed E-state index contributed by atoms with van der Waals surface area (Å²) < 4.78 is 1.59. The van der Waals surface area contributed by atoms with Crippen molar-refractivity contribution in [2.75, 3.05) is 13.1 Å². The minimum atomic E-state index is -0.997. The fraction of sp³-hybridized carbons (Fsp3) is 0.750. The van der Waals surface area contributed by atoms with Crippen molar-refractivity contribution >= 4 is 11.8 Å². The summed E-state index contributed by atoms with van der Waals surface area (Å²) in [5.74, 6) is -0.348. The first-order valence-electron chi connectivity index (χ1n) is 8.64. The van der Waals surface area contributed by atoms with E-state index in [1.54, 1.807) is 22.0 Å². The Hall–Kier alpha value is -1.96. The first-order chi connectivity index (χ1) is 11.5. The molecule has 0 aliphatic carbocycles. The van der Waals surface area contributed by atoms with Gasteiger partial charge in [-0.25, -0.2) is 4.68 Å². The number of aromatic nitrogens is 3. The van der Waals surface area contributed by atoms with Crippen molar-refractivity contribution in [3.8, 4) is 0 Å². The molecule has 3 atom stereocenters. The number of β-amino-alcohol motifs (C(OH)–C–C–N with tert-alkyl or cyclic N) is 1. The summed E-state index contributed by atoms with van der Waals surface area (Å²) >= 11 is 0. The number of nitrogens with zero attached hydrogens (tertiary/aromatic N) is 4. The van der Waals surface area contributed by atoms with E-state index in [1.165, 1.54) is 0 Å². The maximum atomic E-state index is 12.9. The molecule has 0 spiro atoms. The molecule has 24 heavy (non-hydrogen) atoms. The van der Waals surface area contributed by atoms with E-state index in [0.717, 1.165) is 12.8 Å². The molecule has 8 heteroatoms. The van der Waals surface area contributed by atoms with Gasteiger partial charge in [0.25, 0.3) is 0 Å². The molecule has 8 nitrogen and oxygen atoms in total. The number of carbonyl (C=O) groups excluding carboxylic acids is 2. The van der Waals surface area contributed by atoms with Crippen LogP contribution in [-0.4, -0.2) is 61.5 Å². The van der Waals surface area contributed by atoms with Gasteiger partial charge in [0.1, 0.15) is 5.60 Å². The largest absolute Gasteiger partial charge is 0.386 e. The zero-order chi connectivity index (χ0) is 17.2. The van der Waals surface area contributed by atoms with Gasteiger partial charge in [-0.1, -0.05) is 12.1 Å². The Morgan fingerprint density at radius 3 is 3.08 bits per heavy atom. The number of rotatable bonds is 4. The van der Waals surface area contributed by atoms with Crippen LogP contribution in [0, 0.1) is 5.92 Å². The Labute approximate surface area is 141 Å². The van der Waals surface area contributed by atoms with Gasteiger partial charge in [-0.05, 0) is 25.7 Å². The standard InChI is InChI=1S/C16H25N5O3/c1-2-13-8-12(9-14(22)18-13)15(23)20-6-3-4-16(24,10-20)11-21-7-5-17-19-21/h5,7,12-13,24H,2-4,6,8-11H2,1H3,(H,18,22)/t12-,13+,16?/m0/s1. The highest BCUT2D eigenvalue weighted by atomic mass is 16.3. The lowest BCUT2D eigenvalue weighted by molar-refractivity contribution is -0.147. The number of amides is 2. The fourth-order valence-electron chi connectivity index (χ4n) is 3.76. The van der Waals surface area contributed by atoms with Crippen molar-refractivity contribution in [2.45, 2.75) is 57.2 Å². The number of likely N-dealkylation sites (tertiary alicyclic amines) is 1. The van der Waals surface area contributed by atoms with Gasteiger partial charge in [-0.3, -0.25) is 9.59 Å². The Balaban J connectivity index is 1.65. The third kappa shape index (κ3) is 3.75. The van der Waals surface area contributed by atoms with Crippen LogP contribution in [0.4, 0.5) is 0 Å². The van der Waals surface area contributed by atoms with E-state index < -0.39 is 5.60 Å². The molecule has 2 amide bonds. The van der Waals surface area contributed by atoms with Crippen LogP contribution in [0.15, 0.2) is 12.4 Å². The van der Waals surface area contributed by atoms with E-state index in [4.69, 9.17) is 0 Å². The molecule has 2 aliphatic heterocycles. The number of aliphatic hydroxyl groups is 1. The Morgan fingerprint density at radius 1 is 1.54 bits per heavy atom. The van der Waals surface area contributed by atoms with Crippen LogP contribution in [0.25, 0.3) is 0 Å². The molecule has 2 N–H and O–H groups in total. The molecule has 0 aromatic carbocycles. The van der Waals surface area contributed by atoms with Crippen LogP contribution in [-0.2, 0) is 16.1 Å². The van der Waals surface area contributed by atoms with E-state index in [1.807, 2.05) is 6.92 Å². The van der Waals surface area contributed by atoms with Crippen LogP contribution in [0.2, 0.25) is 0 Å². The second-order valence-electron chi connectivity index (χ2n) is 7.00. The zero-order valence-corrected chi connectivity index (χ0v) is 14.0. The van der Waals surface area contributed by atoms with E-state index in [0.29, 0.717) is 25.9 Å². The summed E-state index contributed by atoms with van der Waals surface area (Å²) in [6.07, 6.45) is 6.39. The average Bonchev–Trinajstić information content (AvgIpc) is 3.05. The van der Waals surface area contributed by atoms with Crippen molar-refractivity contribution in [2.24, 2.45) is 5.92 Å².